The molecular formula is C19H28ClN3O2S. The molecule has 1 aromatic carbocycles. The van der Waals surface area contributed by atoms with E-state index in [4.69, 9.17) is 0 Å². The lowest BCUT2D eigenvalue weighted by Gasteiger charge is -2.20. The Kier molecular flexibility index (Phi) is 10.4. The van der Waals surface area contributed by atoms with E-state index in [1.165, 1.54) is 5.57 Å². The topological polar surface area (TPSA) is 70.2 Å². The summed E-state index contributed by atoms with van der Waals surface area (Å²) in [6.45, 7) is 4.30. The van der Waals surface area contributed by atoms with Crippen LogP contribution < -0.4 is 16.0 Å². The van der Waals surface area contributed by atoms with E-state index >= 15 is 0 Å². The first-order chi connectivity index (χ1) is 12.1. The SMILES string of the molecule is CSCCC(NC(=O)c1cccc(C)c1)C(=O)NCC1=CCNCC1.Cl. The Labute approximate surface area is 166 Å². The van der Waals surface area contributed by atoms with Gasteiger partial charge < -0.3 is 16.0 Å². The molecule has 0 fully saturated rings. The number of aryl methyl sites for hydroxylation is 1. The number of carbonyl (C=O) groups is 2. The highest BCUT2D eigenvalue weighted by atomic mass is 35.5. The number of nitrogens with one attached hydrogen (secondary N) is 3. The first kappa shape index (κ1) is 22.5. The summed E-state index contributed by atoms with van der Waals surface area (Å²) >= 11 is 1.67. The van der Waals surface area contributed by atoms with Crippen molar-refractivity contribution < 1.29 is 9.59 Å². The molecule has 1 aliphatic rings. The molecule has 0 saturated heterocycles. The fourth-order valence-corrected chi connectivity index (χ4v) is 3.16. The van der Waals surface area contributed by atoms with Crippen molar-refractivity contribution >= 4 is 36.0 Å². The largest absolute Gasteiger partial charge is 0.351 e. The zero-order chi connectivity index (χ0) is 18.1. The highest BCUT2D eigenvalue weighted by Gasteiger charge is 2.21. The molecule has 0 radical (unpaired) electrons. The first-order valence-electron chi connectivity index (χ1n) is 8.63. The van der Waals surface area contributed by atoms with Gasteiger partial charge in [-0.15, -0.1) is 12.4 Å². The molecule has 0 aromatic heterocycles. The molecule has 3 N–H and O–H groups in total. The van der Waals surface area contributed by atoms with Gasteiger partial charge in [-0.2, -0.15) is 11.8 Å². The van der Waals surface area contributed by atoms with Gasteiger partial charge in [0.2, 0.25) is 5.91 Å². The normalized spacial score (nSPS) is 14.6. The van der Waals surface area contributed by atoms with Crippen LogP contribution in [0.4, 0.5) is 0 Å². The smallest absolute Gasteiger partial charge is 0.251 e. The third-order valence-corrected chi connectivity index (χ3v) is 4.80. The maximum Gasteiger partial charge on any atom is 0.251 e. The number of amides is 2. The van der Waals surface area contributed by atoms with Crippen LogP contribution in [0.5, 0.6) is 0 Å². The Morgan fingerprint density at radius 3 is 2.81 bits per heavy atom. The van der Waals surface area contributed by atoms with Gasteiger partial charge in [-0.05, 0) is 50.5 Å². The zero-order valence-electron chi connectivity index (χ0n) is 15.3. The van der Waals surface area contributed by atoms with Crippen molar-refractivity contribution in [1.82, 2.24) is 16.0 Å². The molecule has 1 atom stereocenters. The van der Waals surface area contributed by atoms with Crippen molar-refractivity contribution in [3.63, 3.8) is 0 Å². The van der Waals surface area contributed by atoms with E-state index in [-0.39, 0.29) is 24.2 Å². The van der Waals surface area contributed by atoms with Crippen LogP contribution in [0.2, 0.25) is 0 Å². The fourth-order valence-electron chi connectivity index (χ4n) is 2.69. The Hall–Kier alpha value is -1.50. The molecule has 2 amide bonds. The third kappa shape index (κ3) is 7.40. The number of carbonyl (C=O) groups excluding carboxylic acids is 2. The lowest BCUT2D eigenvalue weighted by molar-refractivity contribution is -0.122. The minimum atomic E-state index is -0.511. The number of benzene rings is 1. The maximum atomic E-state index is 12.5. The van der Waals surface area contributed by atoms with Gasteiger partial charge in [0, 0.05) is 18.7 Å². The van der Waals surface area contributed by atoms with E-state index < -0.39 is 6.04 Å². The highest BCUT2D eigenvalue weighted by molar-refractivity contribution is 7.98. The van der Waals surface area contributed by atoms with E-state index in [1.54, 1.807) is 17.8 Å². The number of rotatable bonds is 8. The van der Waals surface area contributed by atoms with E-state index in [9.17, 15) is 9.59 Å². The predicted octanol–water partition coefficient (Wildman–Crippen LogP) is 2.30. The maximum absolute atomic E-state index is 12.5. The molecular weight excluding hydrogens is 370 g/mol. The van der Waals surface area contributed by atoms with Gasteiger partial charge >= 0.3 is 0 Å². The molecule has 1 aliphatic heterocycles. The fraction of sp³-hybridized carbons (Fsp3) is 0.474. The summed E-state index contributed by atoms with van der Waals surface area (Å²) in [5.74, 6) is 0.499. The standard InChI is InChI=1S/C19H27N3O2S.ClH/c1-14-4-3-5-16(12-14)18(23)22-17(8-11-25-2)19(24)21-13-15-6-9-20-10-7-15;/h3-6,12,17,20H,7-11,13H2,1-2H3,(H,21,24)(H,22,23);1H. The van der Waals surface area contributed by atoms with Crippen LogP contribution >= 0.6 is 24.2 Å². The van der Waals surface area contributed by atoms with Crippen LogP contribution in [0, 0.1) is 6.92 Å². The van der Waals surface area contributed by atoms with Crippen LogP contribution in [-0.4, -0.2) is 49.5 Å². The molecule has 0 aliphatic carbocycles. The molecule has 1 heterocycles. The summed E-state index contributed by atoms with van der Waals surface area (Å²) in [4.78, 5) is 25.0. The Balaban J connectivity index is 0.00000338. The summed E-state index contributed by atoms with van der Waals surface area (Å²) in [7, 11) is 0. The lowest BCUT2D eigenvalue weighted by atomic mass is 10.1. The van der Waals surface area contributed by atoms with Crippen LogP contribution in [0.3, 0.4) is 0 Å². The Morgan fingerprint density at radius 1 is 1.35 bits per heavy atom. The van der Waals surface area contributed by atoms with E-state index in [0.717, 1.165) is 30.8 Å². The Morgan fingerprint density at radius 2 is 2.15 bits per heavy atom. The molecule has 1 aromatic rings. The van der Waals surface area contributed by atoms with E-state index in [1.807, 2.05) is 31.4 Å². The molecule has 7 heteroatoms. The lowest BCUT2D eigenvalue weighted by Crippen LogP contribution is -2.47. The monoisotopic (exact) mass is 397 g/mol. The van der Waals surface area contributed by atoms with Crippen molar-refractivity contribution in [2.75, 3.05) is 31.6 Å². The van der Waals surface area contributed by atoms with Crippen LogP contribution in [0.1, 0.15) is 28.8 Å². The predicted molar refractivity (Wildman–Crippen MR) is 111 cm³/mol. The van der Waals surface area contributed by atoms with Crippen molar-refractivity contribution in [3.8, 4) is 0 Å². The van der Waals surface area contributed by atoms with Crippen molar-refractivity contribution in [2.24, 2.45) is 0 Å². The third-order valence-electron chi connectivity index (χ3n) is 4.16. The summed E-state index contributed by atoms with van der Waals surface area (Å²) in [6.07, 6.45) is 5.68. The van der Waals surface area contributed by atoms with Crippen molar-refractivity contribution in [1.29, 1.82) is 0 Å². The number of thioether (sulfide) groups is 1. The van der Waals surface area contributed by atoms with Crippen LogP contribution in [0.15, 0.2) is 35.9 Å². The summed E-state index contributed by atoms with van der Waals surface area (Å²) in [5.41, 5.74) is 2.85. The molecule has 2 rings (SSSR count). The minimum Gasteiger partial charge on any atom is -0.351 e. The van der Waals surface area contributed by atoms with E-state index in [0.29, 0.717) is 18.5 Å². The average Bonchev–Trinajstić information content (AvgIpc) is 2.63. The van der Waals surface area contributed by atoms with Gasteiger partial charge in [0.15, 0.2) is 0 Å². The van der Waals surface area contributed by atoms with Gasteiger partial charge in [-0.25, -0.2) is 0 Å². The van der Waals surface area contributed by atoms with Gasteiger partial charge in [0.25, 0.3) is 5.91 Å². The molecule has 0 saturated carbocycles. The summed E-state index contributed by atoms with van der Waals surface area (Å²) in [5, 5.41) is 9.11. The average molecular weight is 398 g/mol. The second-order valence-electron chi connectivity index (χ2n) is 6.21. The second kappa shape index (κ2) is 12.0. The number of hydrogen-bond acceptors (Lipinski definition) is 4. The highest BCUT2D eigenvalue weighted by Crippen LogP contribution is 2.07. The van der Waals surface area contributed by atoms with Gasteiger partial charge in [-0.3, -0.25) is 9.59 Å². The quantitative estimate of drug-likeness (QED) is 0.589. The number of halogens is 1. The first-order valence-corrected chi connectivity index (χ1v) is 10.0. The molecule has 0 spiro atoms. The molecule has 144 valence electrons. The van der Waals surface area contributed by atoms with Gasteiger partial charge in [0.1, 0.15) is 6.04 Å². The zero-order valence-corrected chi connectivity index (χ0v) is 17.0. The van der Waals surface area contributed by atoms with Gasteiger partial charge in [0.05, 0.1) is 0 Å². The van der Waals surface area contributed by atoms with Crippen LogP contribution in [0.25, 0.3) is 0 Å². The minimum absolute atomic E-state index is 0. The molecule has 0 bridgehead atoms. The van der Waals surface area contributed by atoms with Crippen LogP contribution in [-0.2, 0) is 4.79 Å². The van der Waals surface area contributed by atoms with Crippen molar-refractivity contribution in [2.45, 2.75) is 25.8 Å². The molecule has 26 heavy (non-hydrogen) atoms. The van der Waals surface area contributed by atoms with E-state index in [2.05, 4.69) is 22.0 Å². The number of hydrogen-bond donors (Lipinski definition) is 3. The summed E-state index contributed by atoms with van der Waals surface area (Å²) < 4.78 is 0. The van der Waals surface area contributed by atoms with Gasteiger partial charge in [-0.1, -0.05) is 29.3 Å². The second-order valence-corrected chi connectivity index (χ2v) is 7.20. The Bertz CT molecular complexity index is 637. The van der Waals surface area contributed by atoms with Crippen molar-refractivity contribution in [3.05, 3.63) is 47.0 Å². The molecule has 5 nitrogen and oxygen atoms in total. The molecule has 1 unspecified atom stereocenters. The summed E-state index contributed by atoms with van der Waals surface area (Å²) in [6, 6.07) is 6.89.